The second-order valence-corrected chi connectivity index (χ2v) is 4.94. The minimum atomic E-state index is -0.834. The largest absolute Gasteiger partial charge is 0.493 e. The van der Waals surface area contributed by atoms with Gasteiger partial charge in [0.1, 0.15) is 0 Å². The Labute approximate surface area is 141 Å². The topological polar surface area (TPSA) is 98.3 Å². The number of rotatable bonds is 7. The summed E-state index contributed by atoms with van der Waals surface area (Å²) in [7, 11) is 4.50. The average molecular weight is 337 g/mol. The number of carbonyl (C=O) groups is 2. The molecule has 8 heteroatoms. The van der Waals surface area contributed by atoms with E-state index in [2.05, 4.69) is 15.8 Å². The highest BCUT2D eigenvalue weighted by Gasteiger charge is 2.15. The number of hydrogen-bond donors (Lipinski definition) is 2. The lowest BCUT2D eigenvalue weighted by Crippen LogP contribution is -2.41. The number of carbonyl (C=O) groups excluding carboxylic acids is 2. The Bertz CT molecular complexity index is 591. The van der Waals surface area contributed by atoms with E-state index in [4.69, 9.17) is 14.2 Å². The first-order chi connectivity index (χ1) is 11.5. The van der Waals surface area contributed by atoms with Crippen LogP contribution >= 0.6 is 0 Å². The molecule has 0 bridgehead atoms. The molecule has 1 atom stereocenters. The molecule has 0 radical (unpaired) electrons. The number of methoxy groups -OCH3 is 3. The molecule has 1 aromatic rings. The van der Waals surface area contributed by atoms with E-state index in [-0.39, 0.29) is 6.04 Å². The summed E-state index contributed by atoms with van der Waals surface area (Å²) in [6.45, 7) is 3.72. The van der Waals surface area contributed by atoms with Gasteiger partial charge in [-0.15, -0.1) is 0 Å². The fourth-order valence-corrected chi connectivity index (χ4v) is 1.78. The van der Waals surface area contributed by atoms with Crippen LogP contribution in [0.3, 0.4) is 0 Å². The summed E-state index contributed by atoms with van der Waals surface area (Å²) in [5, 5.41) is 6.31. The number of hydrogen-bond acceptors (Lipinski definition) is 6. The molecule has 24 heavy (non-hydrogen) atoms. The SMILES string of the molecule is CC[C@@H](C)NC(=O)C(=O)N/N=C\c1cc(OC)c(OC)c(OC)c1. The molecule has 0 spiro atoms. The first kappa shape index (κ1) is 19.3. The second kappa shape index (κ2) is 9.39. The number of amides is 2. The molecule has 0 aliphatic heterocycles. The van der Waals surface area contributed by atoms with E-state index < -0.39 is 11.8 Å². The molecule has 2 amide bonds. The zero-order valence-electron chi connectivity index (χ0n) is 14.5. The zero-order chi connectivity index (χ0) is 18.1. The number of hydrazone groups is 1. The Morgan fingerprint density at radius 1 is 1.12 bits per heavy atom. The van der Waals surface area contributed by atoms with Gasteiger partial charge in [-0.2, -0.15) is 5.10 Å². The van der Waals surface area contributed by atoms with E-state index in [1.54, 1.807) is 12.1 Å². The molecule has 8 nitrogen and oxygen atoms in total. The first-order valence-corrected chi connectivity index (χ1v) is 7.40. The van der Waals surface area contributed by atoms with Gasteiger partial charge in [0.25, 0.3) is 0 Å². The van der Waals surface area contributed by atoms with Gasteiger partial charge in [0.05, 0.1) is 27.5 Å². The number of benzene rings is 1. The van der Waals surface area contributed by atoms with E-state index >= 15 is 0 Å². The molecule has 0 aromatic heterocycles. The van der Waals surface area contributed by atoms with Crippen LogP contribution in [0.4, 0.5) is 0 Å². The van der Waals surface area contributed by atoms with Gasteiger partial charge >= 0.3 is 11.8 Å². The van der Waals surface area contributed by atoms with Gasteiger partial charge in [-0.3, -0.25) is 9.59 Å². The minimum Gasteiger partial charge on any atom is -0.493 e. The lowest BCUT2D eigenvalue weighted by Gasteiger charge is -2.12. The lowest BCUT2D eigenvalue weighted by molar-refractivity contribution is -0.139. The van der Waals surface area contributed by atoms with Crippen molar-refractivity contribution in [3.8, 4) is 17.2 Å². The molecule has 1 aromatic carbocycles. The van der Waals surface area contributed by atoms with Gasteiger partial charge in [-0.1, -0.05) is 6.92 Å². The highest BCUT2D eigenvalue weighted by Crippen LogP contribution is 2.37. The monoisotopic (exact) mass is 337 g/mol. The first-order valence-electron chi connectivity index (χ1n) is 7.40. The summed E-state index contributed by atoms with van der Waals surface area (Å²) in [5.41, 5.74) is 2.77. The molecule has 0 fully saturated rings. The van der Waals surface area contributed by atoms with Gasteiger partial charge in [0, 0.05) is 11.6 Å². The third-order valence-corrected chi connectivity index (χ3v) is 3.26. The molecule has 0 heterocycles. The third kappa shape index (κ3) is 5.15. The Hall–Kier alpha value is -2.77. The van der Waals surface area contributed by atoms with Crippen LogP contribution in [0, 0.1) is 0 Å². The van der Waals surface area contributed by atoms with Crippen molar-refractivity contribution in [2.45, 2.75) is 26.3 Å². The van der Waals surface area contributed by atoms with Crippen molar-refractivity contribution < 1.29 is 23.8 Å². The van der Waals surface area contributed by atoms with Crippen LogP contribution in [-0.4, -0.2) is 45.4 Å². The van der Waals surface area contributed by atoms with Crippen LogP contribution in [-0.2, 0) is 9.59 Å². The van der Waals surface area contributed by atoms with Crippen LogP contribution in [0.5, 0.6) is 17.2 Å². The highest BCUT2D eigenvalue weighted by molar-refractivity contribution is 6.35. The highest BCUT2D eigenvalue weighted by atomic mass is 16.5. The van der Waals surface area contributed by atoms with Crippen LogP contribution in [0.15, 0.2) is 17.2 Å². The van der Waals surface area contributed by atoms with E-state index in [1.165, 1.54) is 27.5 Å². The van der Waals surface area contributed by atoms with Gasteiger partial charge < -0.3 is 19.5 Å². The predicted octanol–water partition coefficient (Wildman–Crippen LogP) is 1.08. The second-order valence-electron chi connectivity index (χ2n) is 4.94. The Kier molecular flexibility index (Phi) is 7.54. The van der Waals surface area contributed by atoms with Crippen molar-refractivity contribution in [3.63, 3.8) is 0 Å². The lowest BCUT2D eigenvalue weighted by atomic mass is 10.2. The van der Waals surface area contributed by atoms with Gasteiger partial charge in [0.2, 0.25) is 5.75 Å². The quantitative estimate of drug-likeness (QED) is 0.441. The Morgan fingerprint density at radius 3 is 2.17 bits per heavy atom. The maximum absolute atomic E-state index is 11.6. The standard InChI is InChI=1S/C16H23N3O5/c1-6-10(2)18-15(20)16(21)19-17-9-11-7-12(22-3)14(24-5)13(8-11)23-4/h7-10H,6H2,1-5H3,(H,18,20)(H,19,21)/b17-9-/t10-/m1/s1. The summed E-state index contributed by atoms with van der Waals surface area (Å²) in [6, 6.07) is 3.24. The van der Waals surface area contributed by atoms with E-state index in [1.807, 2.05) is 13.8 Å². The number of nitrogens with zero attached hydrogens (tertiary/aromatic N) is 1. The van der Waals surface area contributed by atoms with Crippen LogP contribution in [0.1, 0.15) is 25.8 Å². The normalized spacial score (nSPS) is 11.7. The average Bonchev–Trinajstić information content (AvgIpc) is 2.60. The van der Waals surface area contributed by atoms with Crippen LogP contribution in [0.2, 0.25) is 0 Å². The number of nitrogens with one attached hydrogen (secondary N) is 2. The molecular weight excluding hydrogens is 314 g/mol. The van der Waals surface area contributed by atoms with Gasteiger partial charge in [-0.25, -0.2) is 5.43 Å². The van der Waals surface area contributed by atoms with Crippen molar-refractivity contribution in [1.29, 1.82) is 0 Å². The van der Waals surface area contributed by atoms with E-state index in [0.717, 1.165) is 6.42 Å². The van der Waals surface area contributed by atoms with Crippen molar-refractivity contribution in [2.24, 2.45) is 5.10 Å². The Morgan fingerprint density at radius 2 is 1.71 bits per heavy atom. The van der Waals surface area contributed by atoms with E-state index in [9.17, 15) is 9.59 Å². The fourth-order valence-electron chi connectivity index (χ4n) is 1.78. The molecule has 1 rings (SSSR count). The summed E-state index contributed by atoms with van der Waals surface area (Å²) in [4.78, 5) is 23.2. The molecule has 0 aliphatic carbocycles. The maximum atomic E-state index is 11.6. The fraction of sp³-hybridized carbons (Fsp3) is 0.438. The molecule has 0 saturated heterocycles. The Balaban J connectivity index is 2.80. The molecular formula is C16H23N3O5. The van der Waals surface area contributed by atoms with Crippen molar-refractivity contribution >= 4 is 18.0 Å². The third-order valence-electron chi connectivity index (χ3n) is 3.26. The summed E-state index contributed by atoms with van der Waals surface area (Å²) >= 11 is 0. The molecule has 0 saturated carbocycles. The minimum absolute atomic E-state index is 0.0812. The predicted molar refractivity (Wildman–Crippen MR) is 89.7 cm³/mol. The summed E-state index contributed by atoms with van der Waals surface area (Å²) in [5.74, 6) is -0.196. The molecule has 0 aliphatic rings. The van der Waals surface area contributed by atoms with Crippen molar-refractivity contribution in [2.75, 3.05) is 21.3 Å². The van der Waals surface area contributed by atoms with Crippen molar-refractivity contribution in [1.82, 2.24) is 10.7 Å². The van der Waals surface area contributed by atoms with Crippen LogP contribution in [0.25, 0.3) is 0 Å². The van der Waals surface area contributed by atoms with Gasteiger partial charge in [0.15, 0.2) is 11.5 Å². The molecule has 2 N–H and O–H groups in total. The number of ether oxygens (including phenoxy) is 3. The van der Waals surface area contributed by atoms with Crippen molar-refractivity contribution in [3.05, 3.63) is 17.7 Å². The molecule has 132 valence electrons. The van der Waals surface area contributed by atoms with Gasteiger partial charge in [-0.05, 0) is 25.5 Å². The van der Waals surface area contributed by atoms with E-state index in [0.29, 0.717) is 22.8 Å². The van der Waals surface area contributed by atoms with Crippen LogP contribution < -0.4 is 25.0 Å². The smallest absolute Gasteiger partial charge is 0.329 e. The summed E-state index contributed by atoms with van der Waals surface area (Å²) < 4.78 is 15.7. The maximum Gasteiger partial charge on any atom is 0.329 e. The summed E-state index contributed by atoms with van der Waals surface area (Å²) in [6.07, 6.45) is 2.10. The molecule has 0 unspecified atom stereocenters. The zero-order valence-corrected chi connectivity index (χ0v) is 14.5.